The van der Waals surface area contributed by atoms with Gasteiger partial charge in [-0.05, 0) is 36.6 Å². The fraction of sp³-hybridized carbons (Fsp3) is 0.375. The van der Waals surface area contributed by atoms with Gasteiger partial charge >= 0.3 is 5.97 Å². The molecule has 0 saturated carbocycles. The van der Waals surface area contributed by atoms with E-state index in [0.717, 1.165) is 29.3 Å². The van der Waals surface area contributed by atoms with E-state index in [0.29, 0.717) is 18.7 Å². The minimum absolute atomic E-state index is 0.0379. The molecule has 1 aromatic heterocycles. The lowest BCUT2D eigenvalue weighted by atomic mass is 10.1. The normalized spacial score (nSPS) is 10.6. The van der Waals surface area contributed by atoms with E-state index in [4.69, 9.17) is 4.74 Å². The third kappa shape index (κ3) is 4.08. The molecule has 0 spiro atoms. The first-order valence-electron chi connectivity index (χ1n) is 7.15. The van der Waals surface area contributed by atoms with Gasteiger partial charge in [0.15, 0.2) is 0 Å². The van der Waals surface area contributed by atoms with Crippen molar-refractivity contribution < 1.29 is 14.3 Å². The van der Waals surface area contributed by atoms with Crippen LogP contribution >= 0.6 is 0 Å². The topological polar surface area (TPSA) is 71.2 Å². The number of esters is 1. The van der Waals surface area contributed by atoms with Crippen LogP contribution in [0.2, 0.25) is 0 Å². The average molecular weight is 288 g/mol. The second-order valence-electron chi connectivity index (χ2n) is 4.98. The summed E-state index contributed by atoms with van der Waals surface area (Å²) < 4.78 is 5.31. The number of fused-ring (bicyclic) bond motifs is 1. The molecule has 0 atom stereocenters. The Hall–Kier alpha value is -2.30. The lowest BCUT2D eigenvalue weighted by molar-refractivity contribution is -0.134. The Morgan fingerprint density at radius 3 is 2.86 bits per heavy atom. The van der Waals surface area contributed by atoms with Crippen molar-refractivity contribution in [3.63, 3.8) is 0 Å². The van der Waals surface area contributed by atoms with E-state index in [-0.39, 0.29) is 11.9 Å². The Morgan fingerprint density at radius 1 is 1.33 bits per heavy atom. The largest absolute Gasteiger partial charge is 0.427 e. The van der Waals surface area contributed by atoms with Crippen molar-refractivity contribution in [1.82, 2.24) is 10.3 Å². The molecule has 0 aliphatic carbocycles. The number of rotatable bonds is 6. The zero-order valence-electron chi connectivity index (χ0n) is 12.4. The fourth-order valence-corrected chi connectivity index (χ4v) is 2.19. The van der Waals surface area contributed by atoms with E-state index in [2.05, 4.69) is 10.3 Å². The molecule has 1 heterocycles. The molecule has 21 heavy (non-hydrogen) atoms. The second kappa shape index (κ2) is 6.92. The number of ether oxygens (including phenoxy) is 1. The molecule has 5 nitrogen and oxygen atoms in total. The number of nitrogens with one attached hydrogen (secondary N) is 2. The number of H-pyrrole nitrogens is 1. The molecule has 2 N–H and O–H groups in total. The maximum absolute atomic E-state index is 11.5. The van der Waals surface area contributed by atoms with Gasteiger partial charge in [-0.25, -0.2) is 0 Å². The van der Waals surface area contributed by atoms with Crippen molar-refractivity contribution in [2.45, 2.75) is 33.1 Å². The molecule has 2 rings (SSSR count). The van der Waals surface area contributed by atoms with Gasteiger partial charge in [-0.3, -0.25) is 9.59 Å². The molecule has 0 saturated heterocycles. The van der Waals surface area contributed by atoms with Crippen LogP contribution in [-0.2, 0) is 16.0 Å². The van der Waals surface area contributed by atoms with Crippen molar-refractivity contribution in [2.24, 2.45) is 0 Å². The molecule has 1 aromatic carbocycles. The van der Waals surface area contributed by atoms with Gasteiger partial charge in [-0.15, -0.1) is 0 Å². The highest BCUT2D eigenvalue weighted by molar-refractivity contribution is 5.85. The van der Waals surface area contributed by atoms with E-state index in [1.54, 1.807) is 6.07 Å². The van der Waals surface area contributed by atoms with E-state index in [9.17, 15) is 9.59 Å². The average Bonchev–Trinajstić information content (AvgIpc) is 2.81. The molecule has 0 bridgehead atoms. The van der Waals surface area contributed by atoms with Crippen LogP contribution in [0.5, 0.6) is 5.75 Å². The third-order valence-corrected chi connectivity index (χ3v) is 3.19. The summed E-state index contributed by atoms with van der Waals surface area (Å²) in [5.41, 5.74) is 2.08. The Morgan fingerprint density at radius 2 is 2.14 bits per heavy atom. The number of carbonyl (C=O) groups excluding carboxylic acids is 2. The summed E-state index contributed by atoms with van der Waals surface area (Å²) in [6.45, 7) is 4.03. The van der Waals surface area contributed by atoms with Gasteiger partial charge in [0, 0.05) is 37.0 Å². The van der Waals surface area contributed by atoms with Crippen molar-refractivity contribution in [2.75, 3.05) is 6.54 Å². The summed E-state index contributed by atoms with van der Waals surface area (Å²) in [4.78, 5) is 25.6. The number of carbonyl (C=O) groups is 2. The van der Waals surface area contributed by atoms with Crippen LogP contribution in [-0.4, -0.2) is 23.4 Å². The van der Waals surface area contributed by atoms with E-state index < -0.39 is 0 Å². The highest BCUT2D eigenvalue weighted by Gasteiger charge is 2.08. The summed E-state index contributed by atoms with van der Waals surface area (Å²) in [5, 5.41) is 3.79. The molecular formula is C16H20N2O3. The fourth-order valence-electron chi connectivity index (χ4n) is 2.19. The van der Waals surface area contributed by atoms with Crippen molar-refractivity contribution in [3.05, 3.63) is 30.0 Å². The monoisotopic (exact) mass is 288 g/mol. The van der Waals surface area contributed by atoms with Crippen LogP contribution in [0.15, 0.2) is 24.4 Å². The molecule has 0 aliphatic rings. The third-order valence-electron chi connectivity index (χ3n) is 3.19. The summed E-state index contributed by atoms with van der Waals surface area (Å²) >= 11 is 0. The highest BCUT2D eigenvalue weighted by Crippen LogP contribution is 2.24. The van der Waals surface area contributed by atoms with Gasteiger partial charge in [0.1, 0.15) is 5.75 Å². The first-order valence-corrected chi connectivity index (χ1v) is 7.15. The van der Waals surface area contributed by atoms with Crippen LogP contribution in [0.4, 0.5) is 0 Å². The van der Waals surface area contributed by atoms with Gasteiger partial charge in [-0.2, -0.15) is 0 Å². The van der Waals surface area contributed by atoms with Gasteiger partial charge in [0.25, 0.3) is 0 Å². The standard InChI is InChI=1S/C16H20N2O3/c1-3-4-16(20)21-13-5-6-15-14(9-13)12(10-18-15)7-8-17-11(2)19/h5-6,9-10,18H,3-4,7-8H2,1-2H3,(H,17,19). The summed E-state index contributed by atoms with van der Waals surface area (Å²) in [6.07, 6.45) is 3.84. The maximum atomic E-state index is 11.5. The summed E-state index contributed by atoms with van der Waals surface area (Å²) in [6, 6.07) is 5.54. The first-order chi connectivity index (χ1) is 10.1. The molecule has 2 aromatic rings. The molecular weight excluding hydrogens is 268 g/mol. The maximum Gasteiger partial charge on any atom is 0.311 e. The zero-order chi connectivity index (χ0) is 15.2. The van der Waals surface area contributed by atoms with E-state index in [1.807, 2.05) is 25.3 Å². The highest BCUT2D eigenvalue weighted by atomic mass is 16.5. The van der Waals surface area contributed by atoms with Crippen LogP contribution in [0.25, 0.3) is 10.9 Å². The molecule has 0 radical (unpaired) electrons. The van der Waals surface area contributed by atoms with Gasteiger partial charge in [0.05, 0.1) is 0 Å². The minimum atomic E-state index is -0.216. The van der Waals surface area contributed by atoms with Crippen LogP contribution in [0.1, 0.15) is 32.3 Å². The van der Waals surface area contributed by atoms with Gasteiger partial charge in [0.2, 0.25) is 5.91 Å². The number of hydrogen-bond donors (Lipinski definition) is 2. The lowest BCUT2D eigenvalue weighted by Crippen LogP contribution is -2.22. The Balaban J connectivity index is 2.12. The van der Waals surface area contributed by atoms with Crippen molar-refractivity contribution in [1.29, 1.82) is 0 Å². The second-order valence-corrected chi connectivity index (χ2v) is 4.98. The molecule has 0 unspecified atom stereocenters. The Bertz CT molecular complexity index is 646. The number of hydrogen-bond acceptors (Lipinski definition) is 3. The predicted octanol–water partition coefficient (Wildman–Crippen LogP) is 2.55. The molecule has 0 aliphatic heterocycles. The van der Waals surface area contributed by atoms with Gasteiger partial charge in [-0.1, -0.05) is 6.92 Å². The first kappa shape index (κ1) is 15.1. The van der Waals surface area contributed by atoms with Crippen LogP contribution < -0.4 is 10.1 Å². The molecule has 0 fully saturated rings. The number of benzene rings is 1. The summed E-state index contributed by atoms with van der Waals surface area (Å²) in [7, 11) is 0. The number of aromatic amines is 1. The number of amides is 1. The van der Waals surface area contributed by atoms with Crippen LogP contribution in [0, 0.1) is 0 Å². The van der Waals surface area contributed by atoms with Crippen molar-refractivity contribution >= 4 is 22.8 Å². The summed E-state index contributed by atoms with van der Waals surface area (Å²) in [5.74, 6) is 0.303. The van der Waals surface area contributed by atoms with E-state index in [1.165, 1.54) is 6.92 Å². The molecule has 112 valence electrons. The smallest absolute Gasteiger partial charge is 0.311 e. The molecule has 5 heteroatoms. The minimum Gasteiger partial charge on any atom is -0.427 e. The van der Waals surface area contributed by atoms with Gasteiger partial charge < -0.3 is 15.0 Å². The van der Waals surface area contributed by atoms with Crippen LogP contribution in [0.3, 0.4) is 0 Å². The Labute approximate surface area is 123 Å². The molecule has 1 amide bonds. The zero-order valence-corrected chi connectivity index (χ0v) is 12.4. The SMILES string of the molecule is CCCC(=O)Oc1ccc2[nH]cc(CCNC(C)=O)c2c1. The van der Waals surface area contributed by atoms with E-state index >= 15 is 0 Å². The van der Waals surface area contributed by atoms with Crippen molar-refractivity contribution in [3.8, 4) is 5.75 Å². The number of aromatic nitrogens is 1. The quantitative estimate of drug-likeness (QED) is 0.634. The predicted molar refractivity (Wildman–Crippen MR) is 81.2 cm³/mol. The Kier molecular flexibility index (Phi) is 4.98. The lowest BCUT2D eigenvalue weighted by Gasteiger charge is -2.05.